The maximum absolute atomic E-state index is 13.6. The fourth-order valence-electron chi connectivity index (χ4n) is 4.10. The van der Waals surface area contributed by atoms with E-state index in [-0.39, 0.29) is 6.61 Å². The molecular formula is C30H28N2O3. The molecule has 2 amide bonds. The molecule has 0 saturated carbocycles. The van der Waals surface area contributed by atoms with E-state index < -0.39 is 11.8 Å². The summed E-state index contributed by atoms with van der Waals surface area (Å²) in [4.78, 5) is 34.4. The number of carbonyl (C=O) groups excluding carboxylic acids is 2. The Kier molecular flexibility index (Phi) is 7.70. The predicted molar refractivity (Wildman–Crippen MR) is 141 cm³/mol. The number of benzene rings is 4. The van der Waals surface area contributed by atoms with E-state index in [1.165, 1.54) is 4.90 Å². The first kappa shape index (κ1) is 23.9. The predicted octanol–water partition coefficient (Wildman–Crippen LogP) is 6.36. The third kappa shape index (κ3) is 5.15. The largest absolute Gasteiger partial charge is 0.340 e. The molecule has 0 aliphatic rings. The number of likely N-dealkylation sites (N-methyl/N-ethyl adjacent to an activating group) is 1. The quantitative estimate of drug-likeness (QED) is 0.236. The lowest BCUT2D eigenvalue weighted by Gasteiger charge is -2.28. The van der Waals surface area contributed by atoms with Gasteiger partial charge in [0.25, 0.3) is 0 Å². The molecule has 0 saturated heterocycles. The minimum absolute atomic E-state index is 0.222. The Morgan fingerprint density at radius 3 is 1.80 bits per heavy atom. The Bertz CT molecular complexity index is 1280. The minimum atomic E-state index is -0.750. The molecule has 4 rings (SSSR count). The smallest absolute Gasteiger partial charge is 0.304 e. The number of amides is 2. The van der Waals surface area contributed by atoms with Crippen LogP contribution < -0.4 is 9.96 Å². The van der Waals surface area contributed by atoms with Crippen LogP contribution in [-0.2, 0) is 14.4 Å². The van der Waals surface area contributed by atoms with Crippen molar-refractivity contribution in [3.05, 3.63) is 109 Å². The van der Waals surface area contributed by atoms with Crippen molar-refractivity contribution in [1.29, 1.82) is 0 Å². The maximum Gasteiger partial charge on any atom is 0.340 e. The fraction of sp³-hybridized carbons (Fsp3) is 0.133. The molecule has 0 N–H and O–H groups in total. The van der Waals surface area contributed by atoms with Crippen LogP contribution in [0.4, 0.5) is 11.4 Å². The highest BCUT2D eigenvalue weighted by Gasteiger charge is 2.31. The monoisotopic (exact) mass is 464 g/mol. The second kappa shape index (κ2) is 11.3. The highest BCUT2D eigenvalue weighted by atomic mass is 16.7. The Morgan fingerprint density at radius 2 is 1.23 bits per heavy atom. The number of hydroxylamine groups is 1. The van der Waals surface area contributed by atoms with Crippen LogP contribution in [0.2, 0.25) is 0 Å². The van der Waals surface area contributed by atoms with Crippen LogP contribution in [0.1, 0.15) is 13.8 Å². The Balaban J connectivity index is 1.84. The number of para-hydroxylation sites is 1. The zero-order valence-electron chi connectivity index (χ0n) is 19.9. The molecule has 5 heteroatoms. The van der Waals surface area contributed by atoms with Gasteiger partial charge in [0, 0.05) is 17.8 Å². The van der Waals surface area contributed by atoms with E-state index >= 15 is 0 Å². The van der Waals surface area contributed by atoms with Crippen LogP contribution >= 0.6 is 0 Å². The molecule has 0 atom stereocenters. The molecule has 0 bridgehead atoms. The number of hydrogen-bond acceptors (Lipinski definition) is 3. The van der Waals surface area contributed by atoms with Gasteiger partial charge in [0.05, 0.1) is 12.3 Å². The zero-order chi connectivity index (χ0) is 24.6. The van der Waals surface area contributed by atoms with Crippen LogP contribution in [0.5, 0.6) is 0 Å². The third-order valence-corrected chi connectivity index (χ3v) is 5.66. The average molecular weight is 465 g/mol. The van der Waals surface area contributed by atoms with Crippen molar-refractivity contribution in [2.75, 3.05) is 23.1 Å². The minimum Gasteiger partial charge on any atom is -0.304 e. The molecule has 0 spiro atoms. The molecule has 176 valence electrons. The standard InChI is InChI=1S/C30H28N2O3/c1-3-31(25-19-12-7-13-20-25)29(33)30(34)32(35-4-2)27-22-14-21-26(23-15-8-5-9-16-23)28(27)24-17-10-6-11-18-24/h5-22H,3-4H2,1-2H3. The van der Waals surface area contributed by atoms with Gasteiger partial charge in [-0.2, -0.15) is 5.06 Å². The molecular weight excluding hydrogens is 436 g/mol. The molecule has 0 heterocycles. The molecule has 35 heavy (non-hydrogen) atoms. The summed E-state index contributed by atoms with van der Waals surface area (Å²) >= 11 is 0. The van der Waals surface area contributed by atoms with E-state index in [1.807, 2.05) is 116 Å². The lowest BCUT2D eigenvalue weighted by Crippen LogP contribution is -2.46. The number of hydrogen-bond donors (Lipinski definition) is 0. The van der Waals surface area contributed by atoms with Crippen molar-refractivity contribution < 1.29 is 14.4 Å². The first-order chi connectivity index (χ1) is 17.2. The van der Waals surface area contributed by atoms with E-state index in [2.05, 4.69) is 0 Å². The van der Waals surface area contributed by atoms with E-state index in [9.17, 15) is 9.59 Å². The molecule has 4 aromatic carbocycles. The van der Waals surface area contributed by atoms with Crippen molar-refractivity contribution in [3.63, 3.8) is 0 Å². The number of nitrogens with zero attached hydrogens (tertiary/aromatic N) is 2. The van der Waals surface area contributed by atoms with Gasteiger partial charge in [-0.15, -0.1) is 0 Å². The van der Waals surface area contributed by atoms with Crippen molar-refractivity contribution in [2.24, 2.45) is 0 Å². The highest BCUT2D eigenvalue weighted by Crippen LogP contribution is 2.40. The summed E-state index contributed by atoms with van der Waals surface area (Å²) in [5.74, 6) is -1.41. The van der Waals surface area contributed by atoms with Gasteiger partial charge in [0.15, 0.2) is 0 Å². The summed E-state index contributed by atoms with van der Waals surface area (Å²) in [6.45, 7) is 4.21. The van der Waals surface area contributed by atoms with Gasteiger partial charge in [-0.3, -0.25) is 14.4 Å². The third-order valence-electron chi connectivity index (χ3n) is 5.66. The molecule has 4 aromatic rings. The normalized spacial score (nSPS) is 10.6. The summed E-state index contributed by atoms with van der Waals surface area (Å²) < 4.78 is 0. The lowest BCUT2D eigenvalue weighted by atomic mass is 9.93. The van der Waals surface area contributed by atoms with Crippen LogP contribution in [0, 0.1) is 0 Å². The molecule has 0 fully saturated rings. The molecule has 0 aliphatic heterocycles. The SMILES string of the molecule is CCON(C(=O)C(=O)N(CC)c1ccccc1)c1cccc(-c2ccccc2)c1-c1ccccc1. The van der Waals surface area contributed by atoms with Gasteiger partial charge in [0.2, 0.25) is 0 Å². The summed E-state index contributed by atoms with van der Waals surface area (Å²) in [5.41, 5.74) is 4.85. The van der Waals surface area contributed by atoms with E-state index in [0.29, 0.717) is 17.9 Å². The second-order valence-electron chi connectivity index (χ2n) is 7.83. The topological polar surface area (TPSA) is 49.9 Å². The fourth-order valence-corrected chi connectivity index (χ4v) is 4.10. The lowest BCUT2D eigenvalue weighted by molar-refractivity contribution is -0.140. The van der Waals surface area contributed by atoms with Crippen LogP contribution in [0.15, 0.2) is 109 Å². The van der Waals surface area contributed by atoms with Crippen molar-refractivity contribution >= 4 is 23.2 Å². The maximum atomic E-state index is 13.6. The van der Waals surface area contributed by atoms with E-state index in [4.69, 9.17) is 4.84 Å². The van der Waals surface area contributed by atoms with Gasteiger partial charge in [-0.1, -0.05) is 91.0 Å². The van der Waals surface area contributed by atoms with Gasteiger partial charge in [0.1, 0.15) is 0 Å². The summed E-state index contributed by atoms with van der Waals surface area (Å²) in [6, 6.07) is 34.7. The number of rotatable bonds is 7. The van der Waals surface area contributed by atoms with E-state index in [0.717, 1.165) is 27.3 Å². The van der Waals surface area contributed by atoms with Gasteiger partial charge in [-0.05, 0) is 48.7 Å². The molecule has 0 radical (unpaired) electrons. The van der Waals surface area contributed by atoms with Crippen molar-refractivity contribution in [1.82, 2.24) is 0 Å². The van der Waals surface area contributed by atoms with Crippen molar-refractivity contribution in [2.45, 2.75) is 13.8 Å². The zero-order valence-corrected chi connectivity index (χ0v) is 19.9. The number of anilines is 2. The Hall–Kier alpha value is -4.22. The van der Waals surface area contributed by atoms with Crippen molar-refractivity contribution in [3.8, 4) is 22.3 Å². The molecule has 0 unspecified atom stereocenters. The van der Waals surface area contributed by atoms with E-state index in [1.54, 1.807) is 6.92 Å². The first-order valence-electron chi connectivity index (χ1n) is 11.7. The first-order valence-corrected chi connectivity index (χ1v) is 11.7. The summed E-state index contributed by atoms with van der Waals surface area (Å²) in [5, 5.41) is 1.14. The number of carbonyl (C=O) groups is 2. The summed E-state index contributed by atoms with van der Waals surface area (Å²) in [6.07, 6.45) is 0. The van der Waals surface area contributed by atoms with Crippen LogP contribution in [0.25, 0.3) is 22.3 Å². The van der Waals surface area contributed by atoms with Gasteiger partial charge < -0.3 is 4.90 Å². The highest BCUT2D eigenvalue weighted by molar-refractivity contribution is 6.44. The van der Waals surface area contributed by atoms with Crippen LogP contribution in [-0.4, -0.2) is 25.0 Å². The van der Waals surface area contributed by atoms with Gasteiger partial charge >= 0.3 is 11.8 Å². The summed E-state index contributed by atoms with van der Waals surface area (Å²) in [7, 11) is 0. The van der Waals surface area contributed by atoms with Crippen LogP contribution in [0.3, 0.4) is 0 Å². The Morgan fingerprint density at radius 1 is 0.657 bits per heavy atom. The molecule has 0 aromatic heterocycles. The molecule has 5 nitrogen and oxygen atoms in total. The molecule has 0 aliphatic carbocycles. The second-order valence-corrected chi connectivity index (χ2v) is 7.83. The Labute approximate surface area is 206 Å². The van der Waals surface area contributed by atoms with Gasteiger partial charge in [-0.25, -0.2) is 0 Å². The average Bonchev–Trinajstić information content (AvgIpc) is 2.93.